The van der Waals surface area contributed by atoms with E-state index >= 15 is 0 Å². The summed E-state index contributed by atoms with van der Waals surface area (Å²) in [6, 6.07) is 0. The number of carbonyl (C=O) groups excluding carboxylic acids is 1. The Bertz CT molecular complexity index is 460. The van der Waals surface area contributed by atoms with E-state index in [-0.39, 0.29) is 12.2 Å². The standard InChI is InChI=1S/C18H44O5Si4/c1-15(20-24(2,3)4)17(22-26(8,9)10)18(23-27(11,12)13)16(14-19)21-25(5,6)7/h14-18H,1-13H3. The molecule has 0 aliphatic carbocycles. The SMILES string of the molecule is CC(O[Si](C)(C)C)C(O[Si](C)(C)C)C(O[Si](C)(C)C)C(C=O)O[Si](C)(C)C. The van der Waals surface area contributed by atoms with Crippen molar-refractivity contribution < 1.29 is 22.5 Å². The van der Waals surface area contributed by atoms with E-state index in [0.717, 1.165) is 6.29 Å². The van der Waals surface area contributed by atoms with Gasteiger partial charge in [-0.3, -0.25) is 0 Å². The minimum atomic E-state index is -1.95. The van der Waals surface area contributed by atoms with Crippen LogP contribution in [0.4, 0.5) is 0 Å². The molecule has 0 fully saturated rings. The molecule has 0 aromatic carbocycles. The molecule has 162 valence electrons. The molecule has 4 atom stereocenters. The van der Waals surface area contributed by atoms with Crippen molar-refractivity contribution in [3.05, 3.63) is 0 Å². The maximum atomic E-state index is 12.0. The van der Waals surface area contributed by atoms with Crippen LogP contribution in [-0.2, 0) is 22.5 Å². The van der Waals surface area contributed by atoms with Crippen molar-refractivity contribution in [2.24, 2.45) is 0 Å². The first-order valence-electron chi connectivity index (χ1n) is 9.91. The number of hydrogen-bond donors (Lipinski definition) is 0. The summed E-state index contributed by atoms with van der Waals surface area (Å²) < 4.78 is 25.7. The van der Waals surface area contributed by atoms with Gasteiger partial charge in [0.15, 0.2) is 33.3 Å². The van der Waals surface area contributed by atoms with E-state index in [1.165, 1.54) is 0 Å². The second kappa shape index (κ2) is 9.92. The summed E-state index contributed by atoms with van der Waals surface area (Å²) in [7, 11) is -7.57. The molecule has 27 heavy (non-hydrogen) atoms. The third-order valence-corrected chi connectivity index (χ3v) is 7.27. The molecule has 0 saturated heterocycles. The molecule has 0 N–H and O–H groups in total. The van der Waals surface area contributed by atoms with Crippen LogP contribution >= 0.6 is 0 Å². The van der Waals surface area contributed by atoms with Crippen molar-refractivity contribution in [3.8, 4) is 0 Å². The smallest absolute Gasteiger partial charge is 0.184 e. The third-order valence-electron chi connectivity index (χ3n) is 3.25. The van der Waals surface area contributed by atoms with Gasteiger partial charge in [-0.25, -0.2) is 0 Å². The van der Waals surface area contributed by atoms with Crippen LogP contribution in [0.2, 0.25) is 78.6 Å². The number of carbonyl (C=O) groups is 1. The van der Waals surface area contributed by atoms with Gasteiger partial charge in [-0.05, 0) is 85.5 Å². The highest BCUT2D eigenvalue weighted by Crippen LogP contribution is 2.27. The molecule has 0 aliphatic heterocycles. The van der Waals surface area contributed by atoms with Gasteiger partial charge in [0.05, 0.1) is 12.2 Å². The van der Waals surface area contributed by atoms with Gasteiger partial charge in [0.25, 0.3) is 0 Å². The highest BCUT2D eigenvalue weighted by molar-refractivity contribution is 6.71. The minimum Gasteiger partial charge on any atom is -0.412 e. The quantitative estimate of drug-likeness (QED) is 0.305. The molecule has 0 amide bonds. The molecule has 0 aromatic rings. The van der Waals surface area contributed by atoms with Crippen LogP contribution in [0.1, 0.15) is 6.92 Å². The highest BCUT2D eigenvalue weighted by Gasteiger charge is 2.43. The number of hydrogen-bond acceptors (Lipinski definition) is 5. The van der Waals surface area contributed by atoms with Gasteiger partial charge in [0.1, 0.15) is 18.5 Å². The predicted molar refractivity (Wildman–Crippen MR) is 125 cm³/mol. The predicted octanol–water partition coefficient (Wildman–Crippen LogP) is 5.09. The summed E-state index contributed by atoms with van der Waals surface area (Å²) in [5.74, 6) is 0. The molecule has 5 nitrogen and oxygen atoms in total. The fourth-order valence-corrected chi connectivity index (χ4v) is 7.26. The fraction of sp³-hybridized carbons (Fsp3) is 0.944. The van der Waals surface area contributed by atoms with E-state index in [2.05, 4.69) is 78.6 Å². The van der Waals surface area contributed by atoms with Gasteiger partial charge in [-0.15, -0.1) is 0 Å². The van der Waals surface area contributed by atoms with Crippen molar-refractivity contribution in [3.63, 3.8) is 0 Å². The highest BCUT2D eigenvalue weighted by atomic mass is 28.4. The average molecular weight is 453 g/mol. The molecule has 0 aliphatic rings. The van der Waals surface area contributed by atoms with E-state index in [1.807, 2.05) is 6.92 Å². The van der Waals surface area contributed by atoms with Crippen LogP contribution in [0, 0.1) is 0 Å². The summed E-state index contributed by atoms with van der Waals surface area (Å²) in [6.45, 7) is 27.7. The topological polar surface area (TPSA) is 54.0 Å². The van der Waals surface area contributed by atoms with Crippen LogP contribution in [0.25, 0.3) is 0 Å². The largest absolute Gasteiger partial charge is 0.412 e. The maximum Gasteiger partial charge on any atom is 0.184 e. The zero-order chi connectivity index (χ0) is 21.8. The van der Waals surface area contributed by atoms with Crippen molar-refractivity contribution >= 4 is 39.6 Å². The Morgan fingerprint density at radius 2 is 0.889 bits per heavy atom. The summed E-state index contributed by atoms with van der Waals surface area (Å²) in [5, 5.41) is 0. The molecule has 0 heterocycles. The van der Waals surface area contributed by atoms with E-state index in [1.54, 1.807) is 0 Å². The van der Waals surface area contributed by atoms with Gasteiger partial charge in [0, 0.05) is 0 Å². The Kier molecular flexibility index (Phi) is 10.1. The molecule has 0 rings (SSSR count). The van der Waals surface area contributed by atoms with Gasteiger partial charge in [0.2, 0.25) is 0 Å². The maximum absolute atomic E-state index is 12.0. The van der Waals surface area contributed by atoms with Crippen molar-refractivity contribution in [1.82, 2.24) is 0 Å². The molecule has 0 saturated carbocycles. The summed E-state index contributed by atoms with van der Waals surface area (Å²) in [4.78, 5) is 12.0. The summed E-state index contributed by atoms with van der Waals surface area (Å²) in [6.07, 6.45) is -0.708. The molecule has 0 bridgehead atoms. The van der Waals surface area contributed by atoms with Crippen molar-refractivity contribution in [1.29, 1.82) is 0 Å². The number of rotatable bonds is 12. The monoisotopic (exact) mass is 452 g/mol. The molecular weight excluding hydrogens is 409 g/mol. The second-order valence-corrected chi connectivity index (χ2v) is 29.0. The molecule has 0 radical (unpaired) electrons. The van der Waals surface area contributed by atoms with Crippen LogP contribution in [0.3, 0.4) is 0 Å². The number of aldehydes is 1. The summed E-state index contributed by atoms with van der Waals surface area (Å²) in [5.41, 5.74) is 0. The van der Waals surface area contributed by atoms with Gasteiger partial charge in [-0.1, -0.05) is 0 Å². The first-order valence-corrected chi connectivity index (χ1v) is 23.5. The minimum absolute atomic E-state index is 0.169. The van der Waals surface area contributed by atoms with Gasteiger partial charge >= 0.3 is 0 Å². The lowest BCUT2D eigenvalue weighted by Crippen LogP contribution is -2.58. The first-order chi connectivity index (χ1) is 11.7. The second-order valence-electron chi connectivity index (χ2n) is 11.2. The van der Waals surface area contributed by atoms with Crippen molar-refractivity contribution in [2.45, 2.75) is 110 Å². The lowest BCUT2D eigenvalue weighted by Gasteiger charge is -2.43. The zero-order valence-corrected chi connectivity index (χ0v) is 23.9. The van der Waals surface area contributed by atoms with Gasteiger partial charge < -0.3 is 22.5 Å². The third kappa shape index (κ3) is 13.3. The molecule has 9 heteroatoms. The molecular formula is C18H44O5Si4. The Hall–Kier alpha value is 0.378. The van der Waals surface area contributed by atoms with Crippen LogP contribution in [0.15, 0.2) is 0 Å². The lowest BCUT2D eigenvalue weighted by atomic mass is 10.1. The molecule has 4 unspecified atom stereocenters. The Morgan fingerprint density at radius 3 is 1.19 bits per heavy atom. The van der Waals surface area contributed by atoms with E-state index in [4.69, 9.17) is 17.7 Å². The van der Waals surface area contributed by atoms with Crippen LogP contribution in [0.5, 0.6) is 0 Å². The Labute approximate surface area is 172 Å². The van der Waals surface area contributed by atoms with Crippen LogP contribution < -0.4 is 0 Å². The van der Waals surface area contributed by atoms with E-state index in [0.29, 0.717) is 0 Å². The summed E-state index contributed by atoms with van der Waals surface area (Å²) >= 11 is 0. The lowest BCUT2D eigenvalue weighted by molar-refractivity contribution is -0.125. The van der Waals surface area contributed by atoms with Crippen molar-refractivity contribution in [2.75, 3.05) is 0 Å². The Morgan fingerprint density at radius 1 is 0.556 bits per heavy atom. The fourth-order valence-electron chi connectivity index (χ4n) is 2.77. The first kappa shape index (κ1) is 27.4. The average Bonchev–Trinajstić information content (AvgIpc) is 2.34. The Balaban J connectivity index is 6.03. The van der Waals surface area contributed by atoms with Crippen LogP contribution in [-0.4, -0.2) is 64.0 Å². The van der Waals surface area contributed by atoms with Gasteiger partial charge in [-0.2, -0.15) is 0 Å². The molecule has 0 aromatic heterocycles. The van der Waals surface area contributed by atoms with E-state index in [9.17, 15) is 4.79 Å². The van der Waals surface area contributed by atoms with E-state index < -0.39 is 45.5 Å². The molecule has 0 spiro atoms. The zero-order valence-electron chi connectivity index (χ0n) is 19.9. The normalized spacial score (nSPS) is 18.7.